The van der Waals surface area contributed by atoms with Crippen LogP contribution in [0.3, 0.4) is 0 Å². The monoisotopic (exact) mass is 770 g/mol. The van der Waals surface area contributed by atoms with Crippen LogP contribution in [0.4, 0.5) is 0 Å². The predicted octanol–water partition coefficient (Wildman–Crippen LogP) is 14.5. The Morgan fingerprint density at radius 1 is 0.390 bits per heavy atom. The summed E-state index contributed by atoms with van der Waals surface area (Å²) < 4.78 is 11.6. The smallest absolute Gasteiger partial charge is 0.164 e. The summed E-state index contributed by atoms with van der Waals surface area (Å²) in [5.74, 6) is 1.82. The Morgan fingerprint density at radius 2 is 0.983 bits per heavy atom. The van der Waals surface area contributed by atoms with Gasteiger partial charge in [-0.3, -0.25) is 0 Å². The molecule has 4 aromatic heterocycles. The number of hydrogen-bond acceptors (Lipinski definition) is 5. The quantitative estimate of drug-likeness (QED) is 0.179. The van der Waals surface area contributed by atoms with Crippen LogP contribution in [0.2, 0.25) is 0 Å². The fourth-order valence-corrected chi connectivity index (χ4v) is 10.3. The highest BCUT2D eigenvalue weighted by molar-refractivity contribution is 7.25. The Balaban J connectivity index is 1.13. The molecule has 0 atom stereocenters. The third kappa shape index (κ3) is 4.87. The van der Waals surface area contributed by atoms with Crippen molar-refractivity contribution in [1.82, 2.24) is 19.5 Å². The Hall–Kier alpha value is -7.67. The molecule has 0 unspecified atom stereocenters. The first-order chi connectivity index (χ1) is 29.2. The van der Waals surface area contributed by atoms with Crippen molar-refractivity contribution in [3.8, 4) is 39.9 Å². The zero-order valence-electron chi connectivity index (χ0n) is 31.4. The number of thiophene rings is 1. The van der Waals surface area contributed by atoms with Crippen molar-refractivity contribution >= 4 is 96.8 Å². The average Bonchev–Trinajstić information content (AvgIpc) is 3.98. The lowest BCUT2D eigenvalue weighted by atomic mass is 10.00. The lowest BCUT2D eigenvalue weighted by molar-refractivity contribution is 0.668. The summed E-state index contributed by atoms with van der Waals surface area (Å²) in [4.78, 5) is 15.8. The van der Waals surface area contributed by atoms with E-state index in [1.165, 1.54) is 52.5 Å². The molecule has 0 spiro atoms. The van der Waals surface area contributed by atoms with E-state index in [2.05, 4.69) is 156 Å². The Labute approximate surface area is 341 Å². The molecule has 59 heavy (non-hydrogen) atoms. The number of benzene rings is 9. The van der Waals surface area contributed by atoms with Crippen LogP contribution in [0.5, 0.6) is 0 Å². The minimum absolute atomic E-state index is 0.584. The molecule has 0 aliphatic carbocycles. The van der Waals surface area contributed by atoms with E-state index in [-0.39, 0.29) is 0 Å². The van der Waals surface area contributed by atoms with Gasteiger partial charge in [-0.05, 0) is 57.9 Å². The lowest BCUT2D eigenvalue weighted by Gasteiger charge is -2.13. The maximum absolute atomic E-state index is 6.74. The highest BCUT2D eigenvalue weighted by atomic mass is 32.1. The van der Waals surface area contributed by atoms with Crippen molar-refractivity contribution in [1.29, 1.82) is 0 Å². The summed E-state index contributed by atoms with van der Waals surface area (Å²) in [5, 5.41) is 11.8. The van der Waals surface area contributed by atoms with Gasteiger partial charge in [-0.25, -0.2) is 15.0 Å². The first-order valence-electron chi connectivity index (χ1n) is 19.8. The molecule has 0 saturated heterocycles. The number of para-hydroxylation sites is 1. The van der Waals surface area contributed by atoms with Gasteiger partial charge in [-0.2, -0.15) is 0 Å². The van der Waals surface area contributed by atoms with Crippen molar-refractivity contribution in [2.24, 2.45) is 0 Å². The van der Waals surface area contributed by atoms with Gasteiger partial charge in [0.25, 0.3) is 0 Å². The van der Waals surface area contributed by atoms with Crippen molar-refractivity contribution in [3.05, 3.63) is 182 Å². The molecule has 0 radical (unpaired) electrons. The lowest BCUT2D eigenvalue weighted by Crippen LogP contribution is -2.01. The van der Waals surface area contributed by atoms with Gasteiger partial charge in [0.15, 0.2) is 17.5 Å². The maximum Gasteiger partial charge on any atom is 0.164 e. The summed E-state index contributed by atoms with van der Waals surface area (Å²) in [6, 6.07) is 64.3. The molecule has 0 aliphatic heterocycles. The molecule has 0 N–H and O–H groups in total. The zero-order chi connectivity index (χ0) is 38.6. The molecule has 9 aromatic carbocycles. The topological polar surface area (TPSA) is 56.7 Å². The van der Waals surface area contributed by atoms with Crippen molar-refractivity contribution in [2.75, 3.05) is 0 Å². The summed E-state index contributed by atoms with van der Waals surface area (Å²) in [6.45, 7) is 0. The van der Waals surface area contributed by atoms with Crippen LogP contribution in [-0.4, -0.2) is 19.5 Å². The van der Waals surface area contributed by atoms with E-state index in [1.807, 2.05) is 30.3 Å². The summed E-state index contributed by atoms with van der Waals surface area (Å²) in [6.07, 6.45) is 0. The Kier molecular flexibility index (Phi) is 6.82. The SMILES string of the molecule is c1ccc(-c2nc(-c3ccc4c(c3)sc3ccccc34)nc(-c3cc(-n4c5ccc6ccccc6c5c5c6ccccc6ccc54)cc4oc5ccccc5c34)n2)cc1. The van der Waals surface area contributed by atoms with E-state index in [0.29, 0.717) is 17.5 Å². The minimum Gasteiger partial charge on any atom is -0.456 e. The summed E-state index contributed by atoms with van der Waals surface area (Å²) in [7, 11) is 0. The Bertz CT molecular complexity index is 3770. The third-order valence-corrected chi connectivity index (χ3v) is 12.9. The fraction of sp³-hybridized carbons (Fsp3) is 0. The molecule has 5 nitrogen and oxygen atoms in total. The van der Waals surface area contributed by atoms with Crippen LogP contribution >= 0.6 is 11.3 Å². The predicted molar refractivity (Wildman–Crippen MR) is 246 cm³/mol. The molecule has 0 saturated carbocycles. The molecule has 0 aliphatic rings. The van der Waals surface area contributed by atoms with Crippen LogP contribution in [0.15, 0.2) is 186 Å². The van der Waals surface area contributed by atoms with Gasteiger partial charge < -0.3 is 8.98 Å². The second-order valence-corrected chi connectivity index (χ2v) is 16.2. The van der Waals surface area contributed by atoms with Gasteiger partial charge in [-0.15, -0.1) is 11.3 Å². The zero-order valence-corrected chi connectivity index (χ0v) is 32.2. The average molecular weight is 771 g/mol. The van der Waals surface area contributed by atoms with E-state index < -0.39 is 0 Å². The molecular weight excluding hydrogens is 741 g/mol. The van der Waals surface area contributed by atoms with Crippen LogP contribution in [-0.2, 0) is 0 Å². The highest BCUT2D eigenvalue weighted by Gasteiger charge is 2.23. The van der Waals surface area contributed by atoms with Gasteiger partial charge >= 0.3 is 0 Å². The van der Waals surface area contributed by atoms with Gasteiger partial charge in [0, 0.05) is 64.5 Å². The molecule has 0 bridgehead atoms. The minimum atomic E-state index is 0.584. The highest BCUT2D eigenvalue weighted by Crippen LogP contribution is 2.44. The first kappa shape index (κ1) is 32.4. The fourth-order valence-electron chi connectivity index (χ4n) is 9.18. The standard InChI is InChI=1S/C53H30N4OS/c1-2-14-33(15-3-1)51-54-52(34-22-25-39-38-18-9-11-21-46(38)59-47(39)28-34)56-53(55-51)41-29-35(30-45-48(41)40-19-8-10-20-44(40)58-45)57-42-26-23-31-12-4-6-16-36(31)49(42)50-37-17-7-5-13-32(37)24-27-43(50)57/h1-30H. The van der Waals surface area contributed by atoms with Crippen LogP contribution < -0.4 is 0 Å². The van der Waals surface area contributed by atoms with Gasteiger partial charge in [0.2, 0.25) is 0 Å². The molecule has 6 heteroatoms. The molecule has 274 valence electrons. The van der Waals surface area contributed by atoms with E-state index in [4.69, 9.17) is 19.4 Å². The normalized spacial score (nSPS) is 12.1. The summed E-state index contributed by atoms with van der Waals surface area (Å²) in [5.41, 5.74) is 7.53. The second-order valence-electron chi connectivity index (χ2n) is 15.1. The summed E-state index contributed by atoms with van der Waals surface area (Å²) >= 11 is 1.79. The van der Waals surface area contributed by atoms with E-state index in [0.717, 1.165) is 55.3 Å². The molecule has 13 aromatic rings. The second kappa shape index (κ2) is 12.4. The molecule has 0 amide bonds. The largest absolute Gasteiger partial charge is 0.456 e. The van der Waals surface area contributed by atoms with Gasteiger partial charge in [0.1, 0.15) is 11.2 Å². The van der Waals surface area contributed by atoms with Gasteiger partial charge in [-0.1, -0.05) is 140 Å². The first-order valence-corrected chi connectivity index (χ1v) is 20.6. The van der Waals surface area contributed by atoms with Crippen molar-refractivity contribution in [2.45, 2.75) is 0 Å². The molecule has 13 rings (SSSR count). The molecule has 0 fully saturated rings. The number of fused-ring (bicyclic) bond motifs is 13. The number of aromatic nitrogens is 4. The van der Waals surface area contributed by atoms with Crippen molar-refractivity contribution < 1.29 is 4.42 Å². The van der Waals surface area contributed by atoms with Crippen molar-refractivity contribution in [3.63, 3.8) is 0 Å². The number of hydrogen-bond donors (Lipinski definition) is 0. The third-order valence-electron chi connectivity index (χ3n) is 11.8. The number of nitrogens with zero attached hydrogens (tertiary/aromatic N) is 4. The van der Waals surface area contributed by atoms with E-state index in [9.17, 15) is 0 Å². The van der Waals surface area contributed by atoms with Crippen LogP contribution in [0.25, 0.3) is 125 Å². The Morgan fingerprint density at radius 3 is 1.73 bits per heavy atom. The van der Waals surface area contributed by atoms with Gasteiger partial charge in [0.05, 0.1) is 16.7 Å². The number of rotatable bonds is 4. The molecule has 4 heterocycles. The van der Waals surface area contributed by atoms with E-state index in [1.54, 1.807) is 11.3 Å². The molecular formula is C53H30N4OS. The van der Waals surface area contributed by atoms with Crippen LogP contribution in [0, 0.1) is 0 Å². The van der Waals surface area contributed by atoms with E-state index >= 15 is 0 Å². The van der Waals surface area contributed by atoms with Crippen LogP contribution in [0.1, 0.15) is 0 Å². The number of furan rings is 1. The maximum atomic E-state index is 6.74.